The van der Waals surface area contributed by atoms with E-state index < -0.39 is 5.38 Å². The van der Waals surface area contributed by atoms with Crippen molar-refractivity contribution in [2.75, 3.05) is 13.2 Å². The van der Waals surface area contributed by atoms with Crippen LogP contribution in [0, 0.1) is 11.3 Å². The largest absolute Gasteiger partial charge is 0.379 e. The molecule has 8 heavy (non-hydrogen) atoms. The molecule has 3 heteroatoms. The number of halogens is 1. The normalized spacial score (nSPS) is 12.6. The Morgan fingerprint density at radius 1 is 1.88 bits per heavy atom. The molecule has 0 aliphatic rings. The lowest BCUT2D eigenvalue weighted by Crippen LogP contribution is -2.05. The Bertz CT molecular complexity index is 88.9. The molecule has 0 rings (SSSR count). The van der Waals surface area contributed by atoms with Gasteiger partial charge in [-0.25, -0.2) is 0 Å². The van der Waals surface area contributed by atoms with Crippen molar-refractivity contribution >= 4 is 11.6 Å². The number of nitrogens with zero attached hydrogens (tertiary/aromatic N) is 1. The van der Waals surface area contributed by atoms with Gasteiger partial charge in [0.2, 0.25) is 0 Å². The SMILES string of the molecule is CCOCC(Cl)C#N. The second kappa shape index (κ2) is 4.89. The Hall–Kier alpha value is -0.260. The van der Waals surface area contributed by atoms with Gasteiger partial charge in [0.25, 0.3) is 0 Å². The summed E-state index contributed by atoms with van der Waals surface area (Å²) in [5, 5.41) is 7.61. The maximum Gasteiger partial charge on any atom is 0.143 e. The zero-order valence-electron chi connectivity index (χ0n) is 4.72. The fourth-order valence-electron chi connectivity index (χ4n) is 0.259. The molecule has 1 unspecified atom stereocenters. The molecule has 0 bridgehead atoms. The predicted molar refractivity (Wildman–Crippen MR) is 31.7 cm³/mol. The van der Waals surface area contributed by atoms with Gasteiger partial charge in [-0.05, 0) is 6.92 Å². The molecule has 2 nitrogen and oxygen atoms in total. The van der Waals surface area contributed by atoms with Crippen molar-refractivity contribution in [3.63, 3.8) is 0 Å². The highest BCUT2D eigenvalue weighted by atomic mass is 35.5. The molecule has 0 saturated heterocycles. The van der Waals surface area contributed by atoms with Gasteiger partial charge in [-0.3, -0.25) is 0 Å². The van der Waals surface area contributed by atoms with Crippen LogP contribution in [0.3, 0.4) is 0 Å². The molecule has 0 heterocycles. The predicted octanol–water partition coefficient (Wildman–Crippen LogP) is 1.15. The second-order valence-corrected chi connectivity index (χ2v) is 1.78. The number of nitriles is 1. The standard InChI is InChI=1S/C5H8ClNO/c1-2-8-4-5(6)3-7/h5H,2,4H2,1H3. The van der Waals surface area contributed by atoms with Gasteiger partial charge in [0.1, 0.15) is 5.38 Å². The number of hydrogen-bond donors (Lipinski definition) is 0. The lowest BCUT2D eigenvalue weighted by atomic mass is 10.5. The Kier molecular flexibility index (Phi) is 4.73. The first-order chi connectivity index (χ1) is 3.81. The minimum Gasteiger partial charge on any atom is -0.379 e. The maximum absolute atomic E-state index is 8.10. The molecule has 0 aromatic heterocycles. The highest BCUT2D eigenvalue weighted by Crippen LogP contribution is 1.92. The molecule has 0 N–H and O–H groups in total. The Labute approximate surface area is 54.0 Å². The van der Waals surface area contributed by atoms with E-state index in [2.05, 4.69) is 0 Å². The third-order valence-electron chi connectivity index (χ3n) is 0.608. The summed E-state index contributed by atoms with van der Waals surface area (Å²) < 4.78 is 4.83. The lowest BCUT2D eigenvalue weighted by Gasteiger charge is -1.97. The van der Waals surface area contributed by atoms with Gasteiger partial charge in [-0.1, -0.05) is 0 Å². The van der Waals surface area contributed by atoms with Crippen LogP contribution in [0.2, 0.25) is 0 Å². The lowest BCUT2D eigenvalue weighted by molar-refractivity contribution is 0.155. The van der Waals surface area contributed by atoms with Crippen LogP contribution in [-0.2, 0) is 4.74 Å². The maximum atomic E-state index is 8.10. The van der Waals surface area contributed by atoms with Crippen LogP contribution < -0.4 is 0 Å². The molecule has 0 amide bonds. The quantitative estimate of drug-likeness (QED) is 0.542. The average molecular weight is 134 g/mol. The Balaban J connectivity index is 3.02. The van der Waals surface area contributed by atoms with Crippen molar-refractivity contribution in [2.24, 2.45) is 0 Å². The molecule has 0 aliphatic carbocycles. The summed E-state index contributed by atoms with van der Waals surface area (Å²) in [6, 6.07) is 1.84. The second-order valence-electron chi connectivity index (χ2n) is 1.26. The van der Waals surface area contributed by atoms with E-state index in [9.17, 15) is 0 Å². The van der Waals surface area contributed by atoms with Crippen LogP contribution in [0.25, 0.3) is 0 Å². The van der Waals surface area contributed by atoms with Crippen molar-refractivity contribution < 1.29 is 4.74 Å². The highest BCUT2D eigenvalue weighted by molar-refractivity contribution is 6.22. The third-order valence-corrected chi connectivity index (χ3v) is 0.832. The van der Waals surface area contributed by atoms with Crippen molar-refractivity contribution in [3.05, 3.63) is 0 Å². The van der Waals surface area contributed by atoms with Gasteiger partial charge in [0.05, 0.1) is 12.7 Å². The highest BCUT2D eigenvalue weighted by Gasteiger charge is 1.98. The van der Waals surface area contributed by atoms with E-state index in [1.54, 1.807) is 0 Å². The summed E-state index contributed by atoms with van der Waals surface area (Å²) in [6.07, 6.45) is 0. The zero-order chi connectivity index (χ0) is 6.41. The monoisotopic (exact) mass is 133 g/mol. The van der Waals surface area contributed by atoms with Crippen molar-refractivity contribution in [3.8, 4) is 6.07 Å². The Morgan fingerprint density at radius 2 is 2.50 bits per heavy atom. The first kappa shape index (κ1) is 7.74. The van der Waals surface area contributed by atoms with E-state index in [1.165, 1.54) is 0 Å². The fourth-order valence-corrected chi connectivity index (χ4v) is 0.348. The van der Waals surface area contributed by atoms with Crippen LogP contribution in [0.4, 0.5) is 0 Å². The number of rotatable bonds is 3. The van der Waals surface area contributed by atoms with E-state index in [0.29, 0.717) is 13.2 Å². The van der Waals surface area contributed by atoms with Crippen LogP contribution in [0.1, 0.15) is 6.92 Å². The summed E-state index contributed by atoms with van der Waals surface area (Å²) in [5.74, 6) is 0. The first-order valence-corrected chi connectivity index (χ1v) is 2.86. The molecule has 0 aliphatic heterocycles. The molecule has 0 fully saturated rings. The minimum atomic E-state index is -0.491. The molecular weight excluding hydrogens is 126 g/mol. The molecule has 1 atom stereocenters. The Morgan fingerprint density at radius 3 is 2.88 bits per heavy atom. The van der Waals surface area contributed by atoms with Crippen LogP contribution in [0.5, 0.6) is 0 Å². The molecule has 0 aromatic carbocycles. The van der Waals surface area contributed by atoms with Crippen molar-refractivity contribution in [1.29, 1.82) is 5.26 Å². The van der Waals surface area contributed by atoms with E-state index in [-0.39, 0.29) is 0 Å². The zero-order valence-corrected chi connectivity index (χ0v) is 5.48. The summed E-state index contributed by atoms with van der Waals surface area (Å²) in [5.41, 5.74) is 0. The summed E-state index contributed by atoms with van der Waals surface area (Å²) in [7, 11) is 0. The van der Waals surface area contributed by atoms with Crippen LogP contribution >= 0.6 is 11.6 Å². The molecule has 0 saturated carbocycles. The topological polar surface area (TPSA) is 33.0 Å². The van der Waals surface area contributed by atoms with E-state index >= 15 is 0 Å². The number of ether oxygens (including phenoxy) is 1. The average Bonchev–Trinajstić information content (AvgIpc) is 1.83. The van der Waals surface area contributed by atoms with Crippen molar-refractivity contribution in [2.45, 2.75) is 12.3 Å². The van der Waals surface area contributed by atoms with E-state index in [1.807, 2.05) is 13.0 Å². The smallest absolute Gasteiger partial charge is 0.143 e. The van der Waals surface area contributed by atoms with Gasteiger partial charge < -0.3 is 4.74 Å². The summed E-state index contributed by atoms with van der Waals surface area (Å²) in [6.45, 7) is 2.81. The fraction of sp³-hybridized carbons (Fsp3) is 0.800. The number of alkyl halides is 1. The van der Waals surface area contributed by atoms with Gasteiger partial charge in [-0.2, -0.15) is 5.26 Å². The van der Waals surface area contributed by atoms with Gasteiger partial charge in [-0.15, -0.1) is 11.6 Å². The number of hydrogen-bond acceptors (Lipinski definition) is 2. The molecule has 46 valence electrons. The molecule has 0 spiro atoms. The third kappa shape index (κ3) is 3.91. The first-order valence-electron chi connectivity index (χ1n) is 2.42. The van der Waals surface area contributed by atoms with Gasteiger partial charge in [0, 0.05) is 6.61 Å². The summed E-state index contributed by atoms with van der Waals surface area (Å²) >= 11 is 5.36. The van der Waals surface area contributed by atoms with Crippen LogP contribution in [-0.4, -0.2) is 18.6 Å². The molecule has 0 aromatic rings. The van der Waals surface area contributed by atoms with Crippen LogP contribution in [0.15, 0.2) is 0 Å². The van der Waals surface area contributed by atoms with E-state index in [0.717, 1.165) is 0 Å². The molecular formula is C5H8ClNO. The summed E-state index contributed by atoms with van der Waals surface area (Å²) in [4.78, 5) is 0. The van der Waals surface area contributed by atoms with Crippen molar-refractivity contribution in [1.82, 2.24) is 0 Å². The van der Waals surface area contributed by atoms with E-state index in [4.69, 9.17) is 21.6 Å². The van der Waals surface area contributed by atoms with Gasteiger partial charge >= 0.3 is 0 Å². The minimum absolute atomic E-state index is 0.328. The van der Waals surface area contributed by atoms with Gasteiger partial charge in [0.15, 0.2) is 0 Å². The molecule has 0 radical (unpaired) electrons.